The van der Waals surface area contributed by atoms with Crippen LogP contribution in [-0.4, -0.2) is 87.0 Å². The molecule has 166 valence electrons. The smallest absolute Gasteiger partial charge is 0.242 e. The van der Waals surface area contributed by atoms with Crippen molar-refractivity contribution in [3.63, 3.8) is 0 Å². The number of ether oxygens (including phenoxy) is 1. The van der Waals surface area contributed by atoms with Gasteiger partial charge in [0, 0.05) is 38.8 Å². The largest absolute Gasteiger partial charge is 0.492 e. The van der Waals surface area contributed by atoms with E-state index < -0.39 is 0 Å². The summed E-state index contributed by atoms with van der Waals surface area (Å²) >= 11 is 0. The van der Waals surface area contributed by atoms with E-state index in [4.69, 9.17) is 9.73 Å². The number of amides is 1. The number of rotatable bonds is 11. The summed E-state index contributed by atoms with van der Waals surface area (Å²) in [6.45, 7) is 10.5. The van der Waals surface area contributed by atoms with Gasteiger partial charge in [0.1, 0.15) is 12.4 Å². The second kappa shape index (κ2) is 15.3. The van der Waals surface area contributed by atoms with Gasteiger partial charge in [-0.1, -0.05) is 18.2 Å². The van der Waals surface area contributed by atoms with Gasteiger partial charge in [-0.15, -0.1) is 24.0 Å². The van der Waals surface area contributed by atoms with E-state index in [-0.39, 0.29) is 29.9 Å². The van der Waals surface area contributed by atoms with Crippen molar-refractivity contribution in [1.29, 1.82) is 0 Å². The molecule has 1 N–H and O–H groups in total. The maximum absolute atomic E-state index is 12.4. The lowest BCUT2D eigenvalue weighted by molar-refractivity contribution is -0.131. The summed E-state index contributed by atoms with van der Waals surface area (Å²) in [7, 11) is 5.94. The van der Waals surface area contributed by atoms with Crippen LogP contribution in [0.5, 0.6) is 5.75 Å². The highest BCUT2D eigenvalue weighted by Gasteiger charge is 2.15. The van der Waals surface area contributed by atoms with Crippen LogP contribution in [0.25, 0.3) is 0 Å². The monoisotopic (exact) mass is 519 g/mol. The number of benzene rings is 1. The minimum absolute atomic E-state index is 0. The molecule has 1 amide bonds. The van der Waals surface area contributed by atoms with Crippen molar-refractivity contribution < 1.29 is 9.53 Å². The zero-order valence-electron chi connectivity index (χ0n) is 18.8. The Balaban J connectivity index is 0.00000784. The Labute approximate surface area is 193 Å². The lowest BCUT2D eigenvalue weighted by Crippen LogP contribution is -2.45. The predicted octanol–water partition coefficient (Wildman–Crippen LogP) is 2.51. The molecule has 7 nitrogen and oxygen atoms in total. The fourth-order valence-electron chi connectivity index (χ4n) is 2.70. The number of guanidine groups is 1. The van der Waals surface area contributed by atoms with Crippen LogP contribution in [0, 0.1) is 0 Å². The molecule has 0 aliphatic heterocycles. The number of hydrogen-bond acceptors (Lipinski definition) is 4. The van der Waals surface area contributed by atoms with Crippen molar-refractivity contribution in [2.24, 2.45) is 4.99 Å². The van der Waals surface area contributed by atoms with Gasteiger partial charge in [0.25, 0.3) is 0 Å². The molecule has 0 bridgehead atoms. The number of hydrogen-bond donors (Lipinski definition) is 1. The maximum Gasteiger partial charge on any atom is 0.242 e. The highest BCUT2D eigenvalue weighted by atomic mass is 127. The SMILES string of the molecule is CCNC(=NCc1ccccc1OCCN(C)C)N(C)CC(=O)N(CC)CC.I. The molecule has 1 aromatic carbocycles. The second-order valence-electron chi connectivity index (χ2n) is 6.85. The fourth-order valence-corrected chi connectivity index (χ4v) is 2.70. The van der Waals surface area contributed by atoms with Crippen molar-refractivity contribution in [3.8, 4) is 5.75 Å². The molecule has 0 aliphatic rings. The minimum atomic E-state index is 0. The van der Waals surface area contributed by atoms with E-state index in [2.05, 4.69) is 10.2 Å². The summed E-state index contributed by atoms with van der Waals surface area (Å²) in [5.41, 5.74) is 1.03. The topological polar surface area (TPSA) is 60.4 Å². The molecule has 29 heavy (non-hydrogen) atoms. The first-order valence-electron chi connectivity index (χ1n) is 10.0. The Morgan fingerprint density at radius 1 is 1.10 bits per heavy atom. The Morgan fingerprint density at radius 2 is 1.76 bits per heavy atom. The number of likely N-dealkylation sites (N-methyl/N-ethyl adjacent to an activating group) is 3. The molecular weight excluding hydrogens is 481 g/mol. The molecule has 0 fully saturated rings. The quantitative estimate of drug-likeness (QED) is 0.277. The third kappa shape index (κ3) is 10.2. The third-order valence-electron chi connectivity index (χ3n) is 4.35. The fraction of sp³-hybridized carbons (Fsp3) is 0.619. The summed E-state index contributed by atoms with van der Waals surface area (Å²) in [4.78, 5) is 22.9. The molecule has 1 aromatic rings. The van der Waals surface area contributed by atoms with E-state index in [9.17, 15) is 4.79 Å². The molecule has 0 heterocycles. The third-order valence-corrected chi connectivity index (χ3v) is 4.35. The van der Waals surface area contributed by atoms with Crippen molar-refractivity contribution in [2.75, 3.05) is 60.5 Å². The first kappa shape index (κ1) is 27.5. The van der Waals surface area contributed by atoms with Gasteiger partial charge in [0.2, 0.25) is 5.91 Å². The van der Waals surface area contributed by atoms with Crippen molar-refractivity contribution in [2.45, 2.75) is 27.3 Å². The Bertz CT molecular complexity index is 621. The summed E-state index contributed by atoms with van der Waals surface area (Å²) < 4.78 is 5.92. The molecule has 0 atom stereocenters. The van der Waals surface area contributed by atoms with E-state index >= 15 is 0 Å². The summed E-state index contributed by atoms with van der Waals surface area (Å²) in [6.07, 6.45) is 0. The molecular formula is C21H38IN5O2. The van der Waals surface area contributed by atoms with Crippen molar-refractivity contribution in [3.05, 3.63) is 29.8 Å². The number of nitrogens with zero attached hydrogens (tertiary/aromatic N) is 4. The number of carbonyl (C=O) groups is 1. The Morgan fingerprint density at radius 3 is 2.34 bits per heavy atom. The molecule has 0 aliphatic carbocycles. The number of halogens is 1. The molecule has 8 heteroatoms. The lowest BCUT2D eigenvalue weighted by atomic mass is 10.2. The van der Waals surface area contributed by atoms with Gasteiger partial charge in [0.15, 0.2) is 5.96 Å². The summed E-state index contributed by atoms with van der Waals surface area (Å²) in [5.74, 6) is 1.67. The second-order valence-corrected chi connectivity index (χ2v) is 6.85. The first-order chi connectivity index (χ1) is 13.4. The van der Waals surface area contributed by atoms with E-state index in [0.29, 0.717) is 38.7 Å². The normalized spacial score (nSPS) is 11.1. The molecule has 0 saturated carbocycles. The number of para-hydroxylation sites is 1. The van der Waals surface area contributed by atoms with Gasteiger partial charge in [0.05, 0.1) is 13.1 Å². The Hall–Kier alpha value is -1.55. The van der Waals surface area contributed by atoms with Gasteiger partial charge in [-0.3, -0.25) is 4.79 Å². The lowest BCUT2D eigenvalue weighted by Gasteiger charge is -2.25. The van der Waals surface area contributed by atoms with Gasteiger partial charge in [-0.2, -0.15) is 0 Å². The number of carbonyl (C=O) groups excluding carboxylic acids is 1. The molecule has 0 saturated heterocycles. The number of nitrogens with one attached hydrogen (secondary N) is 1. The average molecular weight is 519 g/mol. The van der Waals surface area contributed by atoms with Crippen LogP contribution in [0.2, 0.25) is 0 Å². The zero-order chi connectivity index (χ0) is 20.9. The zero-order valence-corrected chi connectivity index (χ0v) is 21.1. The van der Waals surface area contributed by atoms with Crippen LogP contribution >= 0.6 is 24.0 Å². The Kier molecular flexibility index (Phi) is 14.5. The van der Waals surface area contributed by atoms with Crippen LogP contribution in [0.3, 0.4) is 0 Å². The molecule has 1 rings (SSSR count). The average Bonchev–Trinajstić information content (AvgIpc) is 2.66. The molecule has 0 radical (unpaired) electrons. The van der Waals surface area contributed by atoms with Crippen LogP contribution < -0.4 is 10.1 Å². The van der Waals surface area contributed by atoms with E-state index in [1.54, 1.807) is 0 Å². The van der Waals surface area contributed by atoms with Gasteiger partial charge in [-0.25, -0.2) is 4.99 Å². The number of aliphatic imine (C=N–C) groups is 1. The summed E-state index contributed by atoms with van der Waals surface area (Å²) in [5, 5.41) is 3.27. The summed E-state index contributed by atoms with van der Waals surface area (Å²) in [6, 6.07) is 7.96. The standard InChI is InChI=1S/C21H37N5O2.HI/c1-7-22-21(25(6)17-20(27)26(8-2)9-3)23-16-18-12-10-11-13-19(18)28-15-14-24(4)5;/h10-13H,7-9,14-17H2,1-6H3,(H,22,23);1H. The van der Waals surface area contributed by atoms with E-state index in [1.807, 2.05) is 76.0 Å². The molecule has 0 unspecified atom stereocenters. The van der Waals surface area contributed by atoms with Crippen LogP contribution in [0.15, 0.2) is 29.3 Å². The minimum Gasteiger partial charge on any atom is -0.492 e. The van der Waals surface area contributed by atoms with Gasteiger partial charge < -0.3 is 24.8 Å². The van der Waals surface area contributed by atoms with E-state index in [0.717, 1.165) is 24.4 Å². The van der Waals surface area contributed by atoms with Crippen LogP contribution in [-0.2, 0) is 11.3 Å². The predicted molar refractivity (Wildman–Crippen MR) is 131 cm³/mol. The maximum atomic E-state index is 12.4. The highest BCUT2D eigenvalue weighted by molar-refractivity contribution is 14.0. The highest BCUT2D eigenvalue weighted by Crippen LogP contribution is 2.19. The van der Waals surface area contributed by atoms with Crippen molar-refractivity contribution >= 4 is 35.8 Å². The van der Waals surface area contributed by atoms with Crippen LogP contribution in [0.1, 0.15) is 26.3 Å². The van der Waals surface area contributed by atoms with Gasteiger partial charge >= 0.3 is 0 Å². The van der Waals surface area contributed by atoms with E-state index in [1.165, 1.54) is 0 Å². The van der Waals surface area contributed by atoms with Crippen LogP contribution in [0.4, 0.5) is 0 Å². The first-order valence-corrected chi connectivity index (χ1v) is 10.0. The van der Waals surface area contributed by atoms with Crippen molar-refractivity contribution in [1.82, 2.24) is 20.0 Å². The molecule has 0 spiro atoms. The van der Waals surface area contributed by atoms with Gasteiger partial charge in [-0.05, 0) is 40.9 Å². The molecule has 0 aromatic heterocycles.